The zero-order chi connectivity index (χ0) is 9.19. The van der Waals surface area contributed by atoms with E-state index < -0.39 is 12.1 Å². The van der Waals surface area contributed by atoms with Crippen molar-refractivity contribution in [1.82, 2.24) is 10.1 Å². The molecule has 1 rings (SSSR count). The number of halogens is 3. The molecule has 0 aromatic carbocycles. The van der Waals surface area contributed by atoms with Gasteiger partial charge in [-0.2, -0.15) is 18.2 Å². The van der Waals surface area contributed by atoms with Gasteiger partial charge in [0.05, 0.1) is 0 Å². The third-order valence-electron chi connectivity index (χ3n) is 1.18. The van der Waals surface area contributed by atoms with Gasteiger partial charge in [-0.25, -0.2) is 0 Å². The number of nitrogens with zero attached hydrogens (tertiary/aromatic N) is 2. The molecule has 3 nitrogen and oxygen atoms in total. The second-order valence-corrected chi connectivity index (χ2v) is 2.26. The van der Waals surface area contributed by atoms with Crippen molar-refractivity contribution in [3.05, 3.63) is 11.7 Å². The predicted octanol–water partition coefficient (Wildman–Crippen LogP) is 2.04. The molecule has 0 fully saturated rings. The molecule has 0 saturated carbocycles. The molecule has 0 bridgehead atoms. The van der Waals surface area contributed by atoms with E-state index in [2.05, 4.69) is 14.7 Å². The number of aromatic nitrogens is 2. The van der Waals surface area contributed by atoms with Crippen LogP contribution in [0.5, 0.6) is 0 Å². The molecule has 0 aliphatic rings. The van der Waals surface area contributed by atoms with Gasteiger partial charge < -0.3 is 4.52 Å². The maximum absolute atomic E-state index is 11.8. The summed E-state index contributed by atoms with van der Waals surface area (Å²) in [6.45, 7) is 1.82. The fourth-order valence-electron chi connectivity index (χ4n) is 0.694. The maximum atomic E-state index is 11.8. The highest BCUT2D eigenvalue weighted by Crippen LogP contribution is 2.27. The summed E-state index contributed by atoms with van der Waals surface area (Å²) in [6, 6.07) is 0. The van der Waals surface area contributed by atoms with E-state index in [1.165, 1.54) is 0 Å². The third kappa shape index (κ3) is 1.96. The molecule has 0 amide bonds. The van der Waals surface area contributed by atoms with Gasteiger partial charge in [-0.05, 0) is 6.42 Å². The van der Waals surface area contributed by atoms with E-state index in [0.29, 0.717) is 12.8 Å². The minimum Gasteiger partial charge on any atom is -0.329 e. The summed E-state index contributed by atoms with van der Waals surface area (Å²) in [7, 11) is 0. The standard InChI is InChI=1S/C6H7F3N2O/c1-2-3-4-10-5(12-11-4)6(7,8)9/h2-3H2,1H3. The number of alkyl halides is 3. The quantitative estimate of drug-likeness (QED) is 0.699. The van der Waals surface area contributed by atoms with E-state index in [0.717, 1.165) is 0 Å². The lowest BCUT2D eigenvalue weighted by Crippen LogP contribution is -2.05. The van der Waals surface area contributed by atoms with Crippen molar-refractivity contribution in [2.24, 2.45) is 0 Å². The molecular weight excluding hydrogens is 173 g/mol. The molecule has 0 aliphatic carbocycles. The van der Waals surface area contributed by atoms with E-state index in [1.54, 1.807) is 0 Å². The van der Waals surface area contributed by atoms with Crippen molar-refractivity contribution < 1.29 is 17.7 Å². The van der Waals surface area contributed by atoms with Gasteiger partial charge >= 0.3 is 12.1 Å². The molecule has 1 aromatic rings. The molecule has 0 unspecified atom stereocenters. The Bertz CT molecular complexity index is 256. The molecule has 0 atom stereocenters. The molecule has 0 spiro atoms. The van der Waals surface area contributed by atoms with Crippen LogP contribution in [-0.2, 0) is 12.6 Å². The van der Waals surface area contributed by atoms with Crippen molar-refractivity contribution in [3.8, 4) is 0 Å². The Hall–Kier alpha value is -1.07. The molecule has 0 N–H and O–H groups in total. The minimum absolute atomic E-state index is 0.102. The van der Waals surface area contributed by atoms with Crippen molar-refractivity contribution in [1.29, 1.82) is 0 Å². The average molecular weight is 180 g/mol. The first kappa shape index (κ1) is 9.02. The second-order valence-electron chi connectivity index (χ2n) is 2.26. The van der Waals surface area contributed by atoms with Gasteiger partial charge in [-0.15, -0.1) is 0 Å². The van der Waals surface area contributed by atoms with Gasteiger partial charge in [-0.3, -0.25) is 0 Å². The highest BCUT2D eigenvalue weighted by molar-refractivity contribution is 4.89. The van der Waals surface area contributed by atoms with Crippen molar-refractivity contribution >= 4 is 0 Å². The van der Waals surface area contributed by atoms with Gasteiger partial charge in [0.15, 0.2) is 5.82 Å². The number of hydrogen-bond donors (Lipinski definition) is 0. The van der Waals surface area contributed by atoms with Crippen LogP contribution in [0.2, 0.25) is 0 Å². The molecule has 6 heteroatoms. The molecule has 0 saturated heterocycles. The van der Waals surface area contributed by atoms with Crippen LogP contribution in [0, 0.1) is 0 Å². The van der Waals surface area contributed by atoms with Crippen molar-refractivity contribution in [2.45, 2.75) is 25.9 Å². The molecule has 0 aliphatic heterocycles. The van der Waals surface area contributed by atoms with Crippen molar-refractivity contribution in [2.75, 3.05) is 0 Å². The Kier molecular flexibility index (Phi) is 2.35. The number of aryl methyl sites for hydroxylation is 1. The van der Waals surface area contributed by atoms with Crippen LogP contribution < -0.4 is 0 Å². The zero-order valence-corrected chi connectivity index (χ0v) is 6.35. The van der Waals surface area contributed by atoms with Crippen LogP contribution in [0.1, 0.15) is 25.1 Å². The molecule has 1 heterocycles. The smallest absolute Gasteiger partial charge is 0.329 e. The third-order valence-corrected chi connectivity index (χ3v) is 1.18. The van der Waals surface area contributed by atoms with E-state index in [4.69, 9.17) is 0 Å². The zero-order valence-electron chi connectivity index (χ0n) is 6.35. The highest BCUT2D eigenvalue weighted by Gasteiger charge is 2.38. The maximum Gasteiger partial charge on any atom is 0.471 e. The monoisotopic (exact) mass is 180 g/mol. The Labute approximate surface area is 66.6 Å². The summed E-state index contributed by atoms with van der Waals surface area (Å²) in [4.78, 5) is 3.17. The van der Waals surface area contributed by atoms with Crippen LogP contribution in [0.3, 0.4) is 0 Å². The lowest BCUT2D eigenvalue weighted by Gasteiger charge is -1.95. The van der Waals surface area contributed by atoms with E-state index in [-0.39, 0.29) is 5.82 Å². The Morgan fingerprint density at radius 1 is 1.42 bits per heavy atom. The van der Waals surface area contributed by atoms with Gasteiger partial charge in [0.25, 0.3) is 0 Å². The first-order valence-corrected chi connectivity index (χ1v) is 3.44. The van der Waals surface area contributed by atoms with Crippen LogP contribution >= 0.6 is 0 Å². The fraction of sp³-hybridized carbons (Fsp3) is 0.667. The molecular formula is C6H7F3N2O. The Morgan fingerprint density at radius 3 is 2.50 bits per heavy atom. The average Bonchev–Trinajstić information content (AvgIpc) is 2.35. The first-order chi connectivity index (χ1) is 5.54. The fourth-order valence-corrected chi connectivity index (χ4v) is 0.694. The SMILES string of the molecule is CCCc1noc(C(F)(F)F)n1. The summed E-state index contributed by atoms with van der Waals surface area (Å²) in [6.07, 6.45) is -3.44. The van der Waals surface area contributed by atoms with Gasteiger partial charge in [-0.1, -0.05) is 12.1 Å². The van der Waals surface area contributed by atoms with E-state index in [1.807, 2.05) is 6.92 Å². The summed E-state index contributed by atoms with van der Waals surface area (Å²) < 4.78 is 39.5. The summed E-state index contributed by atoms with van der Waals surface area (Å²) in [5, 5.41) is 3.17. The number of hydrogen-bond acceptors (Lipinski definition) is 3. The lowest BCUT2D eigenvalue weighted by atomic mass is 10.3. The van der Waals surface area contributed by atoms with E-state index in [9.17, 15) is 13.2 Å². The highest BCUT2D eigenvalue weighted by atomic mass is 19.4. The summed E-state index contributed by atoms with van der Waals surface area (Å²) in [5.74, 6) is -1.17. The molecule has 12 heavy (non-hydrogen) atoms. The second kappa shape index (κ2) is 3.12. The van der Waals surface area contributed by atoms with Gasteiger partial charge in [0.2, 0.25) is 0 Å². The van der Waals surface area contributed by atoms with Crippen LogP contribution in [0.15, 0.2) is 4.52 Å². The lowest BCUT2D eigenvalue weighted by molar-refractivity contribution is -0.159. The minimum atomic E-state index is -4.53. The van der Waals surface area contributed by atoms with Gasteiger partial charge in [0.1, 0.15) is 0 Å². The van der Waals surface area contributed by atoms with E-state index >= 15 is 0 Å². The summed E-state index contributed by atoms with van der Waals surface area (Å²) >= 11 is 0. The normalized spacial score (nSPS) is 12.0. The van der Waals surface area contributed by atoms with Gasteiger partial charge in [0, 0.05) is 6.42 Å². The molecule has 0 radical (unpaired) electrons. The van der Waals surface area contributed by atoms with Crippen LogP contribution in [0.4, 0.5) is 13.2 Å². The predicted molar refractivity (Wildman–Crippen MR) is 33.3 cm³/mol. The van der Waals surface area contributed by atoms with Crippen LogP contribution in [0.25, 0.3) is 0 Å². The number of rotatable bonds is 2. The Balaban J connectivity index is 2.77. The summed E-state index contributed by atoms with van der Waals surface area (Å²) in [5.41, 5.74) is 0. The molecule has 1 aromatic heterocycles. The Morgan fingerprint density at radius 2 is 2.08 bits per heavy atom. The first-order valence-electron chi connectivity index (χ1n) is 3.44. The topological polar surface area (TPSA) is 38.9 Å². The molecule has 68 valence electrons. The van der Waals surface area contributed by atoms with Crippen LogP contribution in [-0.4, -0.2) is 10.1 Å². The largest absolute Gasteiger partial charge is 0.471 e. The van der Waals surface area contributed by atoms with Crippen molar-refractivity contribution in [3.63, 3.8) is 0 Å².